The third-order valence-corrected chi connectivity index (χ3v) is 6.37. The Morgan fingerprint density at radius 3 is 1.00 bits per heavy atom. The molecule has 29 heavy (non-hydrogen) atoms. The Kier molecular flexibility index (Phi) is 29.5. The van der Waals surface area contributed by atoms with Crippen LogP contribution < -0.4 is 0 Å². The summed E-state index contributed by atoms with van der Waals surface area (Å²) in [6.45, 7) is 6.79. The fraction of sp³-hybridized carbons (Fsp3) is 0.960. The van der Waals surface area contributed by atoms with Gasteiger partial charge in [-0.15, -0.1) is 12.6 Å². The molecule has 4 heteroatoms. The van der Waals surface area contributed by atoms with E-state index in [4.69, 9.17) is 12.2 Å². The van der Waals surface area contributed by atoms with Gasteiger partial charge in [0.15, 0.2) is 0 Å². The minimum atomic E-state index is 0. The average Bonchev–Trinajstić information content (AvgIpc) is 2.68. The van der Waals surface area contributed by atoms with Gasteiger partial charge < -0.3 is 4.90 Å². The van der Waals surface area contributed by atoms with Crippen LogP contribution in [0.2, 0.25) is 0 Å². The van der Waals surface area contributed by atoms with Gasteiger partial charge in [-0.3, -0.25) is 0 Å². The van der Waals surface area contributed by atoms with Crippen LogP contribution >= 0.6 is 24.8 Å². The first kappa shape index (κ1) is 31.9. The van der Waals surface area contributed by atoms with Gasteiger partial charge in [0, 0.05) is 29.6 Å². The molecule has 0 radical (unpaired) electrons. The topological polar surface area (TPSA) is 3.24 Å². The Morgan fingerprint density at radius 1 is 0.517 bits per heavy atom. The van der Waals surface area contributed by atoms with Crippen LogP contribution in [0.3, 0.4) is 0 Å². The van der Waals surface area contributed by atoms with E-state index in [1.165, 1.54) is 128 Å². The zero-order valence-electron chi connectivity index (χ0n) is 19.7. The number of thiocarbonyl (C=S) groups is 1. The van der Waals surface area contributed by atoms with E-state index in [1.807, 2.05) is 0 Å². The van der Waals surface area contributed by atoms with Crippen LogP contribution in [0.15, 0.2) is 0 Å². The molecular weight excluding hydrogens is 437 g/mol. The van der Waals surface area contributed by atoms with Crippen LogP contribution in [-0.4, -0.2) is 22.3 Å². The Hall–Kier alpha value is 0.734. The van der Waals surface area contributed by atoms with Crippen molar-refractivity contribution in [2.24, 2.45) is 0 Å². The number of rotatable bonds is 22. The van der Waals surface area contributed by atoms with Gasteiger partial charge in [0.05, 0.1) is 0 Å². The molecule has 0 aliphatic rings. The number of nitrogens with zero attached hydrogens (tertiary/aromatic N) is 1. The minimum Gasteiger partial charge on any atom is -0.358 e. The molecule has 0 aromatic rings. The molecule has 0 rings (SSSR count). The van der Waals surface area contributed by atoms with Gasteiger partial charge in [0.25, 0.3) is 0 Å². The van der Waals surface area contributed by atoms with Gasteiger partial charge in [-0.1, -0.05) is 142 Å². The molecule has 0 amide bonds. The summed E-state index contributed by atoms with van der Waals surface area (Å²) in [4.78, 5) is 2.33. The first-order chi connectivity index (χ1) is 13.7. The zero-order valence-corrected chi connectivity index (χ0v) is 22.4. The van der Waals surface area contributed by atoms with Crippen molar-refractivity contribution in [2.45, 2.75) is 142 Å². The predicted octanol–water partition coefficient (Wildman–Crippen LogP) is 9.34. The molecule has 0 atom stereocenters. The zero-order chi connectivity index (χ0) is 20.7. The monoisotopic (exact) mass is 487 g/mol. The molecular formula is C25H51NNiS2. The fourth-order valence-electron chi connectivity index (χ4n) is 3.88. The summed E-state index contributed by atoms with van der Waals surface area (Å²) in [5.41, 5.74) is 0. The fourth-order valence-corrected chi connectivity index (χ4v) is 4.27. The third kappa shape index (κ3) is 24.9. The van der Waals surface area contributed by atoms with Crippen molar-refractivity contribution in [3.63, 3.8) is 0 Å². The van der Waals surface area contributed by atoms with Crippen LogP contribution in [0, 0.1) is 0 Å². The van der Waals surface area contributed by atoms with Gasteiger partial charge in [-0.05, 0) is 12.8 Å². The maximum atomic E-state index is 5.35. The van der Waals surface area contributed by atoms with Crippen molar-refractivity contribution in [2.75, 3.05) is 13.1 Å². The maximum Gasteiger partial charge on any atom is 0.133 e. The Morgan fingerprint density at radius 2 is 0.759 bits per heavy atom. The molecule has 0 spiro atoms. The van der Waals surface area contributed by atoms with Crippen LogP contribution in [0.1, 0.15) is 142 Å². The molecule has 0 bridgehead atoms. The molecule has 0 saturated heterocycles. The molecule has 1 nitrogen and oxygen atoms in total. The molecule has 0 aromatic heterocycles. The Bertz CT molecular complexity index is 302. The van der Waals surface area contributed by atoms with E-state index in [-0.39, 0.29) is 16.5 Å². The van der Waals surface area contributed by atoms with Crippen molar-refractivity contribution < 1.29 is 16.5 Å². The van der Waals surface area contributed by atoms with Crippen molar-refractivity contribution in [1.82, 2.24) is 4.90 Å². The molecule has 0 unspecified atom stereocenters. The van der Waals surface area contributed by atoms with Crippen molar-refractivity contribution in [3.05, 3.63) is 0 Å². The second kappa shape index (κ2) is 26.8. The van der Waals surface area contributed by atoms with E-state index >= 15 is 0 Å². The largest absolute Gasteiger partial charge is 0.358 e. The summed E-state index contributed by atoms with van der Waals surface area (Å²) in [6, 6.07) is 0. The SMILES string of the molecule is CCCCCCCCCCCCN(CCCCCCCCCCCC)C(=S)S.[Ni]. The van der Waals surface area contributed by atoms with Crippen molar-refractivity contribution >= 4 is 29.2 Å². The van der Waals surface area contributed by atoms with Gasteiger partial charge >= 0.3 is 0 Å². The number of hydrogen-bond donors (Lipinski definition) is 1. The van der Waals surface area contributed by atoms with Crippen LogP contribution in [0.4, 0.5) is 0 Å². The normalized spacial score (nSPS) is 10.7. The second-order valence-electron chi connectivity index (χ2n) is 8.63. The van der Waals surface area contributed by atoms with Crippen molar-refractivity contribution in [3.8, 4) is 0 Å². The number of unbranched alkanes of at least 4 members (excludes halogenated alkanes) is 18. The quantitative estimate of drug-likeness (QED) is 0.0700. The standard InChI is InChI=1S/C25H51NS2.Ni/c1-3-5-7-9-11-13-15-17-19-21-23-26(25(27)28)24-22-20-18-16-14-12-10-8-6-4-2;/h3-24H2,1-2H3,(H,27,28);. The molecule has 0 aromatic carbocycles. The number of hydrogen-bond acceptors (Lipinski definition) is 1. The smallest absolute Gasteiger partial charge is 0.133 e. The molecule has 0 heterocycles. The van der Waals surface area contributed by atoms with E-state index in [1.54, 1.807) is 0 Å². The first-order valence-electron chi connectivity index (χ1n) is 12.7. The van der Waals surface area contributed by atoms with E-state index in [0.717, 1.165) is 17.4 Å². The average molecular weight is 489 g/mol. The van der Waals surface area contributed by atoms with Crippen LogP contribution in [0.5, 0.6) is 0 Å². The first-order valence-corrected chi connectivity index (χ1v) is 13.6. The van der Waals surface area contributed by atoms with Gasteiger partial charge in [-0.25, -0.2) is 0 Å². The summed E-state index contributed by atoms with van der Waals surface area (Å²) in [6.07, 6.45) is 27.8. The van der Waals surface area contributed by atoms with Gasteiger partial charge in [-0.2, -0.15) is 0 Å². The molecule has 0 saturated carbocycles. The predicted molar refractivity (Wildman–Crippen MR) is 137 cm³/mol. The summed E-state index contributed by atoms with van der Waals surface area (Å²) in [5.74, 6) is 0. The minimum absolute atomic E-state index is 0. The Labute approximate surface area is 205 Å². The Balaban J connectivity index is 0. The van der Waals surface area contributed by atoms with Gasteiger partial charge in [0.1, 0.15) is 4.32 Å². The van der Waals surface area contributed by atoms with Crippen molar-refractivity contribution in [1.29, 1.82) is 0 Å². The molecule has 178 valence electrons. The van der Waals surface area contributed by atoms with Gasteiger partial charge in [0.2, 0.25) is 0 Å². The number of thiol groups is 1. The van der Waals surface area contributed by atoms with E-state index in [0.29, 0.717) is 0 Å². The van der Waals surface area contributed by atoms with E-state index in [2.05, 4.69) is 31.4 Å². The maximum absolute atomic E-state index is 5.35. The van der Waals surface area contributed by atoms with Crippen LogP contribution in [0.25, 0.3) is 0 Å². The molecule has 0 fully saturated rings. The summed E-state index contributed by atoms with van der Waals surface area (Å²) in [5, 5.41) is 0. The summed E-state index contributed by atoms with van der Waals surface area (Å²) in [7, 11) is 0. The molecule has 0 aliphatic heterocycles. The summed E-state index contributed by atoms with van der Waals surface area (Å²) < 4.78 is 0.798. The molecule has 0 N–H and O–H groups in total. The van der Waals surface area contributed by atoms with Crippen LogP contribution in [-0.2, 0) is 16.5 Å². The summed E-state index contributed by atoms with van der Waals surface area (Å²) >= 11 is 9.80. The third-order valence-electron chi connectivity index (χ3n) is 5.83. The van der Waals surface area contributed by atoms with E-state index < -0.39 is 0 Å². The second-order valence-corrected chi connectivity index (χ2v) is 9.75. The van der Waals surface area contributed by atoms with E-state index in [9.17, 15) is 0 Å². The molecule has 0 aliphatic carbocycles.